The smallest absolute Gasteiger partial charge is 0.252 e. The summed E-state index contributed by atoms with van der Waals surface area (Å²) in [6.45, 7) is 0.135. The van der Waals surface area contributed by atoms with Crippen molar-refractivity contribution in [3.8, 4) is 11.3 Å². The fourth-order valence-corrected chi connectivity index (χ4v) is 4.19. The van der Waals surface area contributed by atoms with Crippen molar-refractivity contribution < 1.29 is 9.90 Å². The Balaban J connectivity index is 1.38. The summed E-state index contributed by atoms with van der Waals surface area (Å²) >= 11 is 5.96. The van der Waals surface area contributed by atoms with Crippen molar-refractivity contribution in [2.24, 2.45) is 0 Å². The zero-order valence-electron chi connectivity index (χ0n) is 18.7. The van der Waals surface area contributed by atoms with E-state index >= 15 is 0 Å². The fraction of sp³-hybridized carbons (Fsp3) is 0.111. The van der Waals surface area contributed by atoms with Gasteiger partial charge in [-0.1, -0.05) is 65.3 Å². The highest BCUT2D eigenvalue weighted by atomic mass is 35.5. The van der Waals surface area contributed by atoms with Gasteiger partial charge in [0.25, 0.3) is 5.91 Å². The number of rotatable bonds is 7. The first-order valence-electron chi connectivity index (χ1n) is 11.1. The van der Waals surface area contributed by atoms with Crippen LogP contribution in [0.15, 0.2) is 91.4 Å². The van der Waals surface area contributed by atoms with Crippen LogP contribution in [0.3, 0.4) is 0 Å². The molecule has 35 heavy (non-hydrogen) atoms. The number of aromatic nitrogens is 4. The largest absolute Gasteiger partial charge is 0.394 e. The highest BCUT2D eigenvalue weighted by Gasteiger charge is 2.18. The average molecular weight is 484 g/mol. The molecule has 1 amide bonds. The van der Waals surface area contributed by atoms with Gasteiger partial charge in [-0.15, -0.1) is 5.10 Å². The molecule has 2 aromatic heterocycles. The molecular weight excluding hydrogens is 462 g/mol. The van der Waals surface area contributed by atoms with E-state index in [9.17, 15) is 9.90 Å². The van der Waals surface area contributed by atoms with Gasteiger partial charge in [0, 0.05) is 33.9 Å². The summed E-state index contributed by atoms with van der Waals surface area (Å²) in [7, 11) is 0. The van der Waals surface area contributed by atoms with Gasteiger partial charge < -0.3 is 10.4 Å². The molecule has 0 saturated heterocycles. The van der Waals surface area contributed by atoms with Gasteiger partial charge in [0.1, 0.15) is 5.69 Å². The van der Waals surface area contributed by atoms with Crippen molar-refractivity contribution in [1.29, 1.82) is 0 Å². The number of carbonyl (C=O) groups is 1. The Morgan fingerprint density at radius 1 is 1.03 bits per heavy atom. The maximum Gasteiger partial charge on any atom is 0.252 e. The van der Waals surface area contributed by atoms with Crippen LogP contribution in [0.25, 0.3) is 22.0 Å². The van der Waals surface area contributed by atoms with Crippen LogP contribution in [0.4, 0.5) is 0 Å². The molecule has 2 N–H and O–H groups in total. The first-order chi connectivity index (χ1) is 17.1. The van der Waals surface area contributed by atoms with E-state index in [1.165, 1.54) is 0 Å². The topological polar surface area (TPSA) is 92.9 Å². The van der Waals surface area contributed by atoms with Gasteiger partial charge in [0.2, 0.25) is 0 Å². The van der Waals surface area contributed by atoms with E-state index in [0.29, 0.717) is 17.1 Å². The number of hydrogen-bond donors (Lipinski definition) is 2. The predicted molar refractivity (Wildman–Crippen MR) is 135 cm³/mol. The van der Waals surface area contributed by atoms with Crippen LogP contribution >= 0.6 is 11.6 Å². The molecule has 0 fully saturated rings. The van der Waals surface area contributed by atoms with Crippen LogP contribution < -0.4 is 5.32 Å². The average Bonchev–Trinajstić information content (AvgIpc) is 3.36. The van der Waals surface area contributed by atoms with Crippen molar-refractivity contribution in [2.45, 2.75) is 12.6 Å². The highest BCUT2D eigenvalue weighted by Crippen LogP contribution is 2.26. The number of hydrogen-bond acceptors (Lipinski definition) is 5. The minimum absolute atomic E-state index is 0.234. The minimum Gasteiger partial charge on any atom is -0.394 e. The van der Waals surface area contributed by atoms with Gasteiger partial charge in [-0.2, -0.15) is 0 Å². The number of amides is 1. The number of aliphatic hydroxyl groups excluding tert-OH is 1. The van der Waals surface area contributed by atoms with Crippen LogP contribution in [-0.2, 0) is 6.54 Å². The van der Waals surface area contributed by atoms with Crippen LogP contribution in [0.5, 0.6) is 0 Å². The van der Waals surface area contributed by atoms with Crippen LogP contribution in [0.2, 0.25) is 5.02 Å². The van der Waals surface area contributed by atoms with Crippen molar-refractivity contribution in [3.63, 3.8) is 0 Å². The summed E-state index contributed by atoms with van der Waals surface area (Å²) in [5.74, 6) is -0.281. The quantitative estimate of drug-likeness (QED) is 0.351. The number of fused-ring (bicyclic) bond motifs is 1. The fourth-order valence-electron chi connectivity index (χ4n) is 4.06. The molecule has 174 valence electrons. The number of halogens is 1. The standard InChI is InChI=1S/C27H22ClN5O2/c28-21-10-8-18(9-11-21)26(17-34)30-27(35)23-6-2-1-4-20(23)15-33-16-25(31-32-33)24-7-3-5-19-14-29-13-12-22(19)24/h1-14,16,26,34H,15,17H2,(H,30,35). The Labute approximate surface area is 207 Å². The zero-order valence-corrected chi connectivity index (χ0v) is 19.4. The lowest BCUT2D eigenvalue weighted by atomic mass is 10.0. The van der Waals surface area contributed by atoms with E-state index in [0.717, 1.165) is 33.2 Å². The number of aliphatic hydroxyl groups is 1. The van der Waals surface area contributed by atoms with E-state index < -0.39 is 6.04 Å². The molecule has 5 rings (SSSR count). The summed E-state index contributed by atoms with van der Waals surface area (Å²) in [6.07, 6.45) is 5.45. The molecular formula is C27H22ClN5O2. The Morgan fingerprint density at radius 3 is 2.69 bits per heavy atom. The summed E-state index contributed by atoms with van der Waals surface area (Å²) in [5, 5.41) is 24.1. The van der Waals surface area contributed by atoms with E-state index in [1.54, 1.807) is 41.2 Å². The highest BCUT2D eigenvalue weighted by molar-refractivity contribution is 6.30. The molecule has 0 bridgehead atoms. The molecule has 1 atom stereocenters. The monoisotopic (exact) mass is 483 g/mol. The Kier molecular flexibility index (Phi) is 6.52. The summed E-state index contributed by atoms with van der Waals surface area (Å²) in [6, 6.07) is 21.8. The molecule has 1 unspecified atom stereocenters. The molecule has 0 aliphatic carbocycles. The number of carbonyl (C=O) groups excluding carboxylic acids is 1. The summed E-state index contributed by atoms with van der Waals surface area (Å²) in [5.41, 5.74) is 3.78. The second-order valence-electron chi connectivity index (χ2n) is 8.12. The number of nitrogens with zero attached hydrogens (tertiary/aromatic N) is 4. The van der Waals surface area contributed by atoms with Gasteiger partial charge in [-0.25, -0.2) is 4.68 Å². The zero-order chi connectivity index (χ0) is 24.2. The SMILES string of the molecule is O=C(NC(CO)c1ccc(Cl)cc1)c1ccccc1Cn1cc(-c2cccc3cnccc23)nn1. The van der Waals surface area contributed by atoms with Crippen molar-refractivity contribution >= 4 is 28.3 Å². The van der Waals surface area contributed by atoms with Crippen LogP contribution in [0.1, 0.15) is 27.5 Å². The van der Waals surface area contributed by atoms with Gasteiger partial charge in [0.15, 0.2) is 0 Å². The third kappa shape index (κ3) is 4.91. The Morgan fingerprint density at radius 2 is 1.86 bits per heavy atom. The summed E-state index contributed by atoms with van der Waals surface area (Å²) < 4.78 is 1.71. The second kappa shape index (κ2) is 10.0. The van der Waals surface area contributed by atoms with Crippen molar-refractivity contribution in [1.82, 2.24) is 25.3 Å². The molecule has 7 nitrogen and oxygen atoms in total. The number of pyridine rings is 1. The first-order valence-corrected chi connectivity index (χ1v) is 11.5. The molecule has 0 aliphatic heterocycles. The van der Waals surface area contributed by atoms with E-state index in [-0.39, 0.29) is 12.5 Å². The Hall–Kier alpha value is -4.07. The summed E-state index contributed by atoms with van der Waals surface area (Å²) in [4.78, 5) is 17.3. The number of nitrogens with one attached hydrogen (secondary N) is 1. The Bertz CT molecular complexity index is 1480. The van der Waals surface area contributed by atoms with Gasteiger partial charge in [0.05, 0.1) is 25.4 Å². The van der Waals surface area contributed by atoms with Gasteiger partial charge >= 0.3 is 0 Å². The molecule has 0 saturated carbocycles. The van der Waals surface area contributed by atoms with E-state index in [4.69, 9.17) is 11.6 Å². The molecule has 3 aromatic carbocycles. The molecule has 0 aliphatic rings. The first kappa shape index (κ1) is 22.7. The molecule has 2 heterocycles. The number of benzene rings is 3. The lowest BCUT2D eigenvalue weighted by Crippen LogP contribution is -2.31. The van der Waals surface area contributed by atoms with Crippen molar-refractivity contribution in [2.75, 3.05) is 6.61 Å². The third-order valence-corrected chi connectivity index (χ3v) is 6.10. The van der Waals surface area contributed by atoms with Crippen LogP contribution in [0, 0.1) is 0 Å². The predicted octanol–water partition coefficient (Wildman–Crippen LogP) is 4.66. The normalized spacial score (nSPS) is 11.9. The lowest BCUT2D eigenvalue weighted by molar-refractivity contribution is 0.0915. The maximum atomic E-state index is 13.1. The van der Waals surface area contributed by atoms with Gasteiger partial charge in [-0.05, 0) is 40.8 Å². The van der Waals surface area contributed by atoms with E-state index in [1.807, 2.05) is 54.9 Å². The van der Waals surface area contributed by atoms with Gasteiger partial charge in [-0.3, -0.25) is 9.78 Å². The maximum absolute atomic E-state index is 13.1. The van der Waals surface area contributed by atoms with E-state index in [2.05, 4.69) is 20.6 Å². The van der Waals surface area contributed by atoms with Crippen molar-refractivity contribution in [3.05, 3.63) is 113 Å². The van der Waals surface area contributed by atoms with Crippen LogP contribution in [-0.4, -0.2) is 37.6 Å². The molecule has 0 radical (unpaired) electrons. The minimum atomic E-state index is -0.549. The third-order valence-electron chi connectivity index (χ3n) is 5.85. The lowest BCUT2D eigenvalue weighted by Gasteiger charge is -2.18. The molecule has 8 heteroatoms. The molecule has 5 aromatic rings. The second-order valence-corrected chi connectivity index (χ2v) is 8.56. The molecule has 0 spiro atoms.